The number of ether oxygens (including phenoxy) is 4. The van der Waals surface area contributed by atoms with Gasteiger partial charge in [0.2, 0.25) is 0 Å². The monoisotopic (exact) mass is 375 g/mol. The second-order valence-electron chi connectivity index (χ2n) is 6.25. The number of nitrogens with zero attached hydrogens (tertiary/aromatic N) is 1. The molecule has 0 amide bonds. The van der Waals surface area contributed by atoms with Crippen molar-refractivity contribution in [3.05, 3.63) is 11.6 Å². The van der Waals surface area contributed by atoms with E-state index >= 15 is 0 Å². The summed E-state index contributed by atoms with van der Waals surface area (Å²) in [5, 5.41) is 58.5. The predicted octanol–water partition coefficient (Wildman–Crippen LogP) is -2.58. The molecule has 9 atom stereocenters. The molecular weight excluding hydrogens is 350 g/mol. The third-order valence-corrected chi connectivity index (χ3v) is 4.79. The Balaban J connectivity index is 2.22. The topological polar surface area (TPSA) is 162 Å². The molecule has 2 aliphatic rings. The van der Waals surface area contributed by atoms with Crippen molar-refractivity contribution in [2.45, 2.75) is 61.5 Å². The van der Waals surface area contributed by atoms with E-state index in [0.717, 1.165) is 6.08 Å². The Kier molecular flexibility index (Phi) is 7.48. The van der Waals surface area contributed by atoms with Crippen LogP contribution in [0.15, 0.2) is 11.6 Å². The van der Waals surface area contributed by atoms with E-state index in [1.165, 1.54) is 14.2 Å². The summed E-state index contributed by atoms with van der Waals surface area (Å²) in [6.07, 6.45) is -9.22. The standard InChI is InChI=1S/C16H25NO9/c1-23-9-5-8(7(3-4-17)11(19)15(9)24-2)25-16-14(22)13(21)12(20)10(6-18)26-16/h3,8-16,18-22H,5-6H2,1-2H3/b7-3-/t8-,9+,10+,11+,12-,13-,14-,15-,16+/m1/s1. The Morgan fingerprint density at radius 1 is 1.15 bits per heavy atom. The lowest BCUT2D eigenvalue weighted by molar-refractivity contribution is -0.312. The number of rotatable bonds is 5. The van der Waals surface area contributed by atoms with Crippen molar-refractivity contribution in [2.24, 2.45) is 0 Å². The fourth-order valence-corrected chi connectivity index (χ4v) is 3.30. The zero-order valence-corrected chi connectivity index (χ0v) is 14.5. The van der Waals surface area contributed by atoms with Gasteiger partial charge in [-0.05, 0) is 0 Å². The van der Waals surface area contributed by atoms with Crippen LogP contribution in [0.4, 0.5) is 0 Å². The molecule has 0 aromatic heterocycles. The van der Waals surface area contributed by atoms with Crippen LogP contribution in [-0.2, 0) is 18.9 Å². The van der Waals surface area contributed by atoms with Gasteiger partial charge in [0.05, 0.1) is 24.9 Å². The lowest BCUT2D eigenvalue weighted by Crippen LogP contribution is -2.60. The molecule has 10 heteroatoms. The SMILES string of the molecule is CO[C@@H]1[C@@H](OC)C[C@@H](O[C@H]2O[C@@H](CO)[C@@H](O)[C@@H](O)[C@H]2O)/C(=C/C#N)[C@@H]1O. The first-order chi connectivity index (χ1) is 12.4. The van der Waals surface area contributed by atoms with E-state index in [0.29, 0.717) is 0 Å². The van der Waals surface area contributed by atoms with Crippen LogP contribution in [0.25, 0.3) is 0 Å². The highest BCUT2D eigenvalue weighted by atomic mass is 16.7. The second kappa shape index (κ2) is 9.18. The third kappa shape index (κ3) is 4.07. The zero-order valence-electron chi connectivity index (χ0n) is 14.5. The molecule has 0 bridgehead atoms. The molecule has 0 spiro atoms. The van der Waals surface area contributed by atoms with Gasteiger partial charge in [-0.25, -0.2) is 0 Å². The first-order valence-corrected chi connectivity index (χ1v) is 8.18. The Morgan fingerprint density at radius 2 is 1.85 bits per heavy atom. The molecule has 1 heterocycles. The van der Waals surface area contributed by atoms with E-state index in [-0.39, 0.29) is 12.0 Å². The number of allylic oxidation sites excluding steroid dienone is 1. The largest absolute Gasteiger partial charge is 0.394 e. The molecular formula is C16H25NO9. The van der Waals surface area contributed by atoms with Gasteiger partial charge < -0.3 is 44.5 Å². The van der Waals surface area contributed by atoms with Crippen molar-refractivity contribution in [1.82, 2.24) is 0 Å². The van der Waals surface area contributed by atoms with Crippen LogP contribution in [0.2, 0.25) is 0 Å². The quantitative estimate of drug-likeness (QED) is 0.323. The third-order valence-electron chi connectivity index (χ3n) is 4.79. The van der Waals surface area contributed by atoms with Gasteiger partial charge in [0.15, 0.2) is 6.29 Å². The first-order valence-electron chi connectivity index (χ1n) is 8.18. The van der Waals surface area contributed by atoms with E-state index in [2.05, 4.69) is 0 Å². The molecule has 0 radical (unpaired) electrons. The summed E-state index contributed by atoms with van der Waals surface area (Å²) < 4.78 is 21.6. The Bertz CT molecular complexity index is 534. The van der Waals surface area contributed by atoms with E-state index in [9.17, 15) is 25.5 Å². The Morgan fingerprint density at radius 3 is 2.38 bits per heavy atom. The number of aliphatic hydroxyl groups is 5. The summed E-state index contributed by atoms with van der Waals surface area (Å²) in [7, 11) is 2.84. The van der Waals surface area contributed by atoms with Gasteiger partial charge >= 0.3 is 0 Å². The Hall–Kier alpha value is -1.13. The molecule has 1 aliphatic heterocycles. The van der Waals surface area contributed by atoms with Crippen molar-refractivity contribution >= 4 is 0 Å². The minimum atomic E-state index is -1.59. The van der Waals surface area contributed by atoms with Crippen LogP contribution in [-0.4, -0.2) is 101 Å². The average molecular weight is 375 g/mol. The molecule has 0 aromatic rings. The maximum absolute atomic E-state index is 10.5. The molecule has 5 N–H and O–H groups in total. The van der Waals surface area contributed by atoms with Crippen molar-refractivity contribution in [3.63, 3.8) is 0 Å². The summed E-state index contributed by atoms with van der Waals surface area (Å²) >= 11 is 0. The number of methoxy groups -OCH3 is 2. The van der Waals surface area contributed by atoms with Crippen molar-refractivity contribution < 1.29 is 44.5 Å². The van der Waals surface area contributed by atoms with E-state index in [4.69, 9.17) is 24.2 Å². The van der Waals surface area contributed by atoms with E-state index in [1.807, 2.05) is 6.07 Å². The van der Waals surface area contributed by atoms with Gasteiger partial charge in [-0.15, -0.1) is 0 Å². The lowest BCUT2D eigenvalue weighted by atomic mass is 9.84. The van der Waals surface area contributed by atoms with Crippen molar-refractivity contribution in [3.8, 4) is 6.07 Å². The zero-order chi connectivity index (χ0) is 19.4. The second-order valence-corrected chi connectivity index (χ2v) is 6.25. The van der Waals surface area contributed by atoms with Gasteiger partial charge in [-0.3, -0.25) is 0 Å². The van der Waals surface area contributed by atoms with E-state index in [1.54, 1.807) is 0 Å². The highest BCUT2D eigenvalue weighted by molar-refractivity contribution is 5.26. The molecule has 0 unspecified atom stereocenters. The fourth-order valence-electron chi connectivity index (χ4n) is 3.30. The molecule has 26 heavy (non-hydrogen) atoms. The summed E-state index contributed by atoms with van der Waals surface area (Å²) in [6.45, 7) is -0.592. The van der Waals surface area contributed by atoms with Gasteiger partial charge in [-0.1, -0.05) is 0 Å². The summed E-state index contributed by atoms with van der Waals surface area (Å²) in [4.78, 5) is 0. The van der Waals surface area contributed by atoms with Crippen LogP contribution in [0.3, 0.4) is 0 Å². The van der Waals surface area contributed by atoms with Crippen LogP contribution in [0.1, 0.15) is 6.42 Å². The Labute approximate surface area is 150 Å². The van der Waals surface area contributed by atoms with Gasteiger partial charge in [-0.2, -0.15) is 5.26 Å². The number of hydrogen-bond donors (Lipinski definition) is 5. The molecule has 2 rings (SSSR count). The minimum Gasteiger partial charge on any atom is -0.394 e. The number of hydrogen-bond acceptors (Lipinski definition) is 10. The molecule has 1 saturated carbocycles. The van der Waals surface area contributed by atoms with Crippen molar-refractivity contribution in [1.29, 1.82) is 5.26 Å². The smallest absolute Gasteiger partial charge is 0.187 e. The van der Waals surface area contributed by atoms with Gasteiger partial charge in [0, 0.05) is 32.3 Å². The van der Waals surface area contributed by atoms with Crippen molar-refractivity contribution in [2.75, 3.05) is 20.8 Å². The van der Waals surface area contributed by atoms with Crippen LogP contribution in [0, 0.1) is 11.3 Å². The minimum absolute atomic E-state index is 0.189. The molecule has 1 aliphatic carbocycles. The highest BCUT2D eigenvalue weighted by Crippen LogP contribution is 2.33. The lowest BCUT2D eigenvalue weighted by Gasteiger charge is -2.44. The van der Waals surface area contributed by atoms with Crippen LogP contribution >= 0.6 is 0 Å². The van der Waals surface area contributed by atoms with Crippen LogP contribution < -0.4 is 0 Å². The molecule has 1 saturated heterocycles. The summed E-state index contributed by atoms with van der Waals surface area (Å²) in [6, 6.07) is 1.83. The van der Waals surface area contributed by atoms with E-state index < -0.39 is 61.7 Å². The van der Waals surface area contributed by atoms with Gasteiger partial charge in [0.25, 0.3) is 0 Å². The normalized spacial score (nSPS) is 45.5. The average Bonchev–Trinajstić information content (AvgIpc) is 2.64. The summed E-state index contributed by atoms with van der Waals surface area (Å²) in [5.41, 5.74) is 0.213. The first kappa shape index (κ1) is 21.2. The highest BCUT2D eigenvalue weighted by Gasteiger charge is 2.48. The molecule has 2 fully saturated rings. The number of nitriles is 1. The fraction of sp³-hybridized carbons (Fsp3) is 0.812. The molecule has 0 aromatic carbocycles. The van der Waals surface area contributed by atoms with Crippen LogP contribution in [0.5, 0.6) is 0 Å². The maximum atomic E-state index is 10.5. The maximum Gasteiger partial charge on any atom is 0.187 e. The molecule has 10 nitrogen and oxygen atoms in total. The van der Waals surface area contributed by atoms with Gasteiger partial charge in [0.1, 0.15) is 36.6 Å². The number of aliphatic hydroxyl groups excluding tert-OH is 5. The molecule has 148 valence electrons. The predicted molar refractivity (Wildman–Crippen MR) is 84.6 cm³/mol. The summed E-state index contributed by atoms with van der Waals surface area (Å²) in [5.74, 6) is 0.